The molecule has 1 aromatic carbocycles. The SMILES string of the molecule is CC1(C)[C@H]2CC[C@]1(CNCCO)c1nnc(-c3c(F)cccc3F)cc12. The molecular weight excluding hydrogens is 336 g/mol. The summed E-state index contributed by atoms with van der Waals surface area (Å²) in [7, 11) is 0. The van der Waals surface area contributed by atoms with Gasteiger partial charge >= 0.3 is 0 Å². The first-order chi connectivity index (χ1) is 12.4. The zero-order valence-electron chi connectivity index (χ0n) is 15.0. The lowest BCUT2D eigenvalue weighted by Gasteiger charge is -2.38. The number of hydrogen-bond acceptors (Lipinski definition) is 4. The van der Waals surface area contributed by atoms with E-state index in [1.54, 1.807) is 0 Å². The number of nitrogens with one attached hydrogen (secondary N) is 1. The van der Waals surface area contributed by atoms with E-state index in [0.717, 1.165) is 24.1 Å². The minimum Gasteiger partial charge on any atom is -0.395 e. The molecule has 0 radical (unpaired) electrons. The maximum atomic E-state index is 14.2. The first-order valence-electron chi connectivity index (χ1n) is 9.06. The summed E-state index contributed by atoms with van der Waals surface area (Å²) in [5, 5.41) is 21.1. The van der Waals surface area contributed by atoms with Gasteiger partial charge in [0.15, 0.2) is 0 Å². The number of fused-ring (bicyclic) bond motifs is 5. The average molecular weight is 359 g/mol. The fourth-order valence-corrected chi connectivity index (χ4v) is 5.06. The van der Waals surface area contributed by atoms with Gasteiger partial charge in [-0.15, -0.1) is 0 Å². The van der Waals surface area contributed by atoms with E-state index in [1.807, 2.05) is 6.07 Å². The smallest absolute Gasteiger partial charge is 0.135 e. The average Bonchev–Trinajstić information content (AvgIpc) is 2.96. The Kier molecular flexibility index (Phi) is 4.08. The second-order valence-electron chi connectivity index (χ2n) is 7.93. The van der Waals surface area contributed by atoms with Crippen LogP contribution in [0.3, 0.4) is 0 Å². The van der Waals surface area contributed by atoms with Crippen molar-refractivity contribution in [3.63, 3.8) is 0 Å². The minimum atomic E-state index is -0.624. The third-order valence-electron chi connectivity index (χ3n) is 6.55. The van der Waals surface area contributed by atoms with Crippen molar-refractivity contribution in [2.24, 2.45) is 5.41 Å². The van der Waals surface area contributed by atoms with Crippen LogP contribution in [0.15, 0.2) is 24.3 Å². The van der Waals surface area contributed by atoms with E-state index < -0.39 is 11.6 Å². The number of aliphatic hydroxyl groups is 1. The Morgan fingerprint density at radius 1 is 1.23 bits per heavy atom. The maximum Gasteiger partial charge on any atom is 0.135 e. The van der Waals surface area contributed by atoms with Gasteiger partial charge in [-0.3, -0.25) is 0 Å². The van der Waals surface area contributed by atoms with Gasteiger partial charge in [0.1, 0.15) is 11.6 Å². The van der Waals surface area contributed by atoms with Crippen LogP contribution in [0, 0.1) is 17.0 Å². The van der Waals surface area contributed by atoms with E-state index in [0.29, 0.717) is 13.1 Å². The molecule has 4 nitrogen and oxygen atoms in total. The standard InChI is InChI=1S/C20H23F2N3O/c1-19(2)13-6-7-20(19,11-23-8-9-26)18-12(13)10-16(24-25-18)17-14(21)4-3-5-15(17)22/h3-5,10,13,23,26H,6-9,11H2,1-2H3/t13-,20-/m0/s1. The lowest BCUT2D eigenvalue weighted by atomic mass is 9.68. The van der Waals surface area contributed by atoms with Crippen molar-refractivity contribution in [2.45, 2.75) is 38.0 Å². The molecule has 2 aliphatic carbocycles. The molecule has 4 rings (SSSR count). The van der Waals surface area contributed by atoms with Gasteiger partial charge in [-0.1, -0.05) is 19.9 Å². The van der Waals surface area contributed by atoms with Gasteiger partial charge in [0.05, 0.1) is 23.6 Å². The summed E-state index contributed by atoms with van der Waals surface area (Å²) in [6, 6.07) is 5.65. The quantitative estimate of drug-likeness (QED) is 0.805. The first kappa shape index (κ1) is 17.5. The molecule has 0 saturated heterocycles. The van der Waals surface area contributed by atoms with Crippen molar-refractivity contribution >= 4 is 0 Å². The van der Waals surface area contributed by atoms with E-state index in [4.69, 9.17) is 5.11 Å². The van der Waals surface area contributed by atoms with Gasteiger partial charge in [-0.25, -0.2) is 8.78 Å². The van der Waals surface area contributed by atoms with Crippen molar-refractivity contribution in [3.8, 4) is 11.3 Å². The number of nitrogens with zero attached hydrogens (tertiary/aromatic N) is 2. The van der Waals surface area contributed by atoms with Gasteiger partial charge in [-0.2, -0.15) is 10.2 Å². The van der Waals surface area contributed by atoms with Crippen LogP contribution in [0.5, 0.6) is 0 Å². The zero-order chi connectivity index (χ0) is 18.5. The number of halogens is 2. The van der Waals surface area contributed by atoms with Gasteiger partial charge in [0.25, 0.3) is 0 Å². The van der Waals surface area contributed by atoms with Crippen LogP contribution in [0.25, 0.3) is 11.3 Å². The van der Waals surface area contributed by atoms with Crippen molar-refractivity contribution in [1.29, 1.82) is 0 Å². The van der Waals surface area contributed by atoms with E-state index in [9.17, 15) is 8.78 Å². The number of aliphatic hydroxyl groups excluding tert-OH is 1. The highest BCUT2D eigenvalue weighted by molar-refractivity contribution is 5.63. The highest BCUT2D eigenvalue weighted by Gasteiger charge is 2.63. The fraction of sp³-hybridized carbons (Fsp3) is 0.500. The maximum absolute atomic E-state index is 14.2. The Bertz CT molecular complexity index is 835. The van der Waals surface area contributed by atoms with Crippen LogP contribution in [-0.2, 0) is 5.41 Å². The molecule has 0 aliphatic heterocycles. The molecule has 1 fully saturated rings. The molecule has 0 unspecified atom stereocenters. The molecule has 138 valence electrons. The van der Waals surface area contributed by atoms with E-state index in [1.165, 1.54) is 18.2 Å². The molecular formula is C20H23F2N3O. The highest BCUT2D eigenvalue weighted by Crippen LogP contribution is 2.67. The Morgan fingerprint density at radius 3 is 2.65 bits per heavy atom. The van der Waals surface area contributed by atoms with Crippen molar-refractivity contribution in [3.05, 3.63) is 47.2 Å². The zero-order valence-corrected chi connectivity index (χ0v) is 15.0. The highest BCUT2D eigenvalue weighted by atomic mass is 19.1. The minimum absolute atomic E-state index is 0.0289. The molecule has 2 aromatic rings. The van der Waals surface area contributed by atoms with E-state index in [-0.39, 0.29) is 34.6 Å². The number of aromatic nitrogens is 2. The first-order valence-corrected chi connectivity index (χ1v) is 9.06. The second kappa shape index (κ2) is 6.06. The lowest BCUT2D eigenvalue weighted by Crippen LogP contribution is -2.45. The normalized spacial score (nSPS) is 25.5. The predicted octanol–water partition coefficient (Wildman–Crippen LogP) is 3.16. The Balaban J connectivity index is 1.80. The number of benzene rings is 1. The summed E-state index contributed by atoms with van der Waals surface area (Å²) >= 11 is 0. The van der Waals surface area contributed by atoms with Gasteiger partial charge in [0, 0.05) is 18.5 Å². The summed E-state index contributed by atoms with van der Waals surface area (Å²) in [6.45, 7) is 5.80. The van der Waals surface area contributed by atoms with Crippen LogP contribution in [0.1, 0.15) is 43.9 Å². The lowest BCUT2D eigenvalue weighted by molar-refractivity contribution is 0.193. The Hall–Kier alpha value is -1.92. The third kappa shape index (κ3) is 2.25. The molecule has 2 N–H and O–H groups in total. The molecule has 1 aromatic heterocycles. The monoisotopic (exact) mass is 359 g/mol. The topological polar surface area (TPSA) is 58.0 Å². The molecule has 2 atom stereocenters. The molecule has 0 spiro atoms. The van der Waals surface area contributed by atoms with Gasteiger partial charge in [-0.05, 0) is 47.9 Å². The predicted molar refractivity (Wildman–Crippen MR) is 94.8 cm³/mol. The summed E-state index contributed by atoms with van der Waals surface area (Å²) in [5.41, 5.74) is 1.93. The van der Waals surface area contributed by atoms with Crippen LogP contribution in [0.4, 0.5) is 8.78 Å². The van der Waals surface area contributed by atoms with Crippen molar-refractivity contribution in [1.82, 2.24) is 15.5 Å². The summed E-state index contributed by atoms with van der Waals surface area (Å²) in [4.78, 5) is 0. The number of rotatable bonds is 5. The molecule has 6 heteroatoms. The molecule has 26 heavy (non-hydrogen) atoms. The molecule has 0 amide bonds. The largest absolute Gasteiger partial charge is 0.395 e. The van der Waals surface area contributed by atoms with E-state index in [2.05, 4.69) is 29.4 Å². The van der Waals surface area contributed by atoms with E-state index >= 15 is 0 Å². The summed E-state index contributed by atoms with van der Waals surface area (Å²) < 4.78 is 28.3. The Morgan fingerprint density at radius 2 is 1.96 bits per heavy atom. The molecule has 1 saturated carbocycles. The summed E-state index contributed by atoms with van der Waals surface area (Å²) in [5.74, 6) is -0.959. The second-order valence-corrected chi connectivity index (χ2v) is 7.93. The van der Waals surface area contributed by atoms with Crippen LogP contribution in [-0.4, -0.2) is 35.0 Å². The molecule has 2 aliphatic rings. The molecule has 2 bridgehead atoms. The van der Waals surface area contributed by atoms with Gasteiger partial charge < -0.3 is 10.4 Å². The summed E-state index contributed by atoms with van der Waals surface area (Å²) in [6.07, 6.45) is 2.02. The molecule has 1 heterocycles. The Labute approximate surface area is 151 Å². The van der Waals surface area contributed by atoms with Crippen LogP contribution < -0.4 is 5.32 Å². The third-order valence-corrected chi connectivity index (χ3v) is 6.55. The van der Waals surface area contributed by atoms with Gasteiger partial charge in [0.2, 0.25) is 0 Å². The fourth-order valence-electron chi connectivity index (χ4n) is 5.06. The van der Waals surface area contributed by atoms with Crippen molar-refractivity contribution < 1.29 is 13.9 Å². The van der Waals surface area contributed by atoms with Crippen LogP contribution in [0.2, 0.25) is 0 Å². The van der Waals surface area contributed by atoms with Crippen LogP contribution >= 0.6 is 0 Å². The number of hydrogen-bond donors (Lipinski definition) is 2. The van der Waals surface area contributed by atoms with Crippen molar-refractivity contribution in [2.75, 3.05) is 19.7 Å².